The van der Waals surface area contributed by atoms with Gasteiger partial charge < -0.3 is 9.47 Å². The smallest absolute Gasteiger partial charge is 0.231 e. The Morgan fingerprint density at radius 2 is 1.81 bits per heavy atom. The highest BCUT2D eigenvalue weighted by Gasteiger charge is 2.17. The van der Waals surface area contributed by atoms with Crippen LogP contribution in [0.2, 0.25) is 0 Å². The average molecular weight is 277 g/mol. The number of benzene rings is 2. The van der Waals surface area contributed by atoms with Gasteiger partial charge in [0.05, 0.1) is 5.52 Å². The molecule has 0 saturated heterocycles. The maximum absolute atomic E-state index is 5.45. The van der Waals surface area contributed by atoms with E-state index in [0.29, 0.717) is 6.79 Å². The molecule has 1 aromatic heterocycles. The number of fused-ring (bicyclic) bond motifs is 2. The lowest BCUT2D eigenvalue weighted by molar-refractivity contribution is 0.174. The fourth-order valence-electron chi connectivity index (χ4n) is 2.68. The topological polar surface area (TPSA) is 31.4 Å². The Bertz CT molecular complexity index is 813. The van der Waals surface area contributed by atoms with Crippen molar-refractivity contribution >= 4 is 10.9 Å². The maximum Gasteiger partial charge on any atom is 0.231 e. The monoisotopic (exact) mass is 277 g/mol. The van der Waals surface area contributed by atoms with E-state index in [2.05, 4.69) is 31.2 Å². The van der Waals surface area contributed by atoms with E-state index < -0.39 is 0 Å². The quantitative estimate of drug-likeness (QED) is 0.706. The molecule has 0 spiro atoms. The van der Waals surface area contributed by atoms with E-state index in [9.17, 15) is 0 Å². The summed E-state index contributed by atoms with van der Waals surface area (Å²) in [5.41, 5.74) is 3.28. The molecule has 0 saturated carbocycles. The zero-order valence-corrected chi connectivity index (χ0v) is 11.7. The Hall–Kier alpha value is -2.55. The van der Waals surface area contributed by atoms with Gasteiger partial charge in [-0.15, -0.1) is 0 Å². The molecule has 0 N–H and O–H groups in total. The minimum Gasteiger partial charge on any atom is -0.454 e. The van der Waals surface area contributed by atoms with Gasteiger partial charge in [-0.2, -0.15) is 0 Å². The van der Waals surface area contributed by atoms with Gasteiger partial charge in [-0.05, 0) is 29.8 Å². The summed E-state index contributed by atoms with van der Waals surface area (Å²) in [7, 11) is 0. The van der Waals surface area contributed by atoms with Gasteiger partial charge in [0.15, 0.2) is 11.5 Å². The molecular weight excluding hydrogens is 262 g/mol. The van der Waals surface area contributed by atoms with Crippen LogP contribution in [0.25, 0.3) is 10.9 Å². The second-order valence-corrected chi connectivity index (χ2v) is 5.26. The third kappa shape index (κ3) is 2.11. The number of para-hydroxylation sites is 1. The van der Waals surface area contributed by atoms with Crippen LogP contribution in [-0.2, 0) is 0 Å². The summed E-state index contributed by atoms with van der Waals surface area (Å²) in [6, 6.07) is 18.5. The Kier molecular flexibility index (Phi) is 2.78. The lowest BCUT2D eigenvalue weighted by atomic mass is 9.96. The number of hydrogen-bond donors (Lipinski definition) is 0. The highest BCUT2D eigenvalue weighted by atomic mass is 16.7. The second-order valence-electron chi connectivity index (χ2n) is 5.26. The molecule has 0 fully saturated rings. The van der Waals surface area contributed by atoms with E-state index in [1.807, 2.05) is 30.3 Å². The van der Waals surface area contributed by atoms with Crippen molar-refractivity contribution < 1.29 is 9.47 Å². The summed E-state index contributed by atoms with van der Waals surface area (Å²) < 4.78 is 10.8. The fraction of sp³-hybridized carbons (Fsp3) is 0.167. The van der Waals surface area contributed by atoms with E-state index >= 15 is 0 Å². The Morgan fingerprint density at radius 1 is 0.952 bits per heavy atom. The summed E-state index contributed by atoms with van der Waals surface area (Å²) in [6.45, 7) is 2.47. The van der Waals surface area contributed by atoms with Crippen LogP contribution in [0.3, 0.4) is 0 Å². The van der Waals surface area contributed by atoms with Gasteiger partial charge in [-0.25, -0.2) is 0 Å². The van der Waals surface area contributed by atoms with Gasteiger partial charge in [0.25, 0.3) is 0 Å². The van der Waals surface area contributed by atoms with Crippen LogP contribution >= 0.6 is 0 Å². The molecule has 1 atom stereocenters. The molecule has 1 unspecified atom stereocenters. The van der Waals surface area contributed by atoms with Crippen molar-refractivity contribution in [3.63, 3.8) is 0 Å². The summed E-state index contributed by atoms with van der Waals surface area (Å²) in [5.74, 6) is 1.85. The first-order valence-electron chi connectivity index (χ1n) is 7.06. The Morgan fingerprint density at radius 3 is 2.76 bits per heavy atom. The van der Waals surface area contributed by atoms with Gasteiger partial charge >= 0.3 is 0 Å². The highest BCUT2D eigenvalue weighted by molar-refractivity contribution is 5.78. The van der Waals surface area contributed by atoms with Crippen LogP contribution < -0.4 is 9.47 Å². The molecule has 3 aromatic rings. The zero-order valence-electron chi connectivity index (χ0n) is 11.7. The number of nitrogens with zero attached hydrogens (tertiary/aromatic N) is 1. The van der Waals surface area contributed by atoms with Gasteiger partial charge in [0.2, 0.25) is 6.79 Å². The third-order valence-electron chi connectivity index (χ3n) is 3.96. The van der Waals surface area contributed by atoms with Gasteiger partial charge in [0, 0.05) is 17.0 Å². The van der Waals surface area contributed by atoms with Crippen LogP contribution in [0.4, 0.5) is 0 Å². The molecule has 4 rings (SSSR count). The average Bonchev–Trinajstić information content (AvgIpc) is 3.01. The molecular formula is C18H15NO2. The summed E-state index contributed by atoms with van der Waals surface area (Å²) in [6.07, 6.45) is 0. The van der Waals surface area contributed by atoms with E-state index in [0.717, 1.165) is 22.7 Å². The lowest BCUT2D eigenvalue weighted by Crippen LogP contribution is -1.99. The number of rotatable bonds is 2. The van der Waals surface area contributed by atoms with Crippen LogP contribution in [0.5, 0.6) is 11.5 Å². The molecule has 2 aromatic carbocycles. The molecule has 104 valence electrons. The Labute approximate surface area is 123 Å². The predicted molar refractivity (Wildman–Crippen MR) is 81.8 cm³/mol. The van der Waals surface area contributed by atoms with Crippen molar-refractivity contribution in [3.05, 3.63) is 65.9 Å². The maximum atomic E-state index is 5.45. The number of pyridine rings is 1. The van der Waals surface area contributed by atoms with Gasteiger partial charge in [-0.3, -0.25) is 4.98 Å². The summed E-state index contributed by atoms with van der Waals surface area (Å²) in [5, 5.41) is 1.17. The third-order valence-corrected chi connectivity index (χ3v) is 3.96. The Balaban J connectivity index is 1.73. The first-order valence-corrected chi connectivity index (χ1v) is 7.06. The van der Waals surface area contributed by atoms with E-state index in [1.54, 1.807) is 0 Å². The van der Waals surface area contributed by atoms with Crippen LogP contribution in [0.15, 0.2) is 54.6 Å². The van der Waals surface area contributed by atoms with E-state index in [-0.39, 0.29) is 5.92 Å². The number of ether oxygens (including phenoxy) is 2. The molecule has 0 radical (unpaired) electrons. The number of hydrogen-bond acceptors (Lipinski definition) is 3. The predicted octanol–water partition coefficient (Wildman–Crippen LogP) is 4.12. The van der Waals surface area contributed by atoms with Crippen molar-refractivity contribution in [2.45, 2.75) is 12.8 Å². The van der Waals surface area contributed by atoms with Crippen LogP contribution in [0.1, 0.15) is 24.1 Å². The minimum atomic E-state index is 0.212. The normalized spacial score (nSPS) is 14.3. The van der Waals surface area contributed by atoms with Gasteiger partial charge in [0.1, 0.15) is 0 Å². The van der Waals surface area contributed by atoms with E-state index in [1.165, 1.54) is 10.9 Å². The lowest BCUT2D eigenvalue weighted by Gasteiger charge is -2.13. The minimum absolute atomic E-state index is 0.212. The molecule has 0 amide bonds. The van der Waals surface area contributed by atoms with E-state index in [4.69, 9.17) is 14.5 Å². The first kappa shape index (κ1) is 12.2. The molecule has 1 aliphatic heterocycles. The van der Waals surface area contributed by atoms with Crippen molar-refractivity contribution in [1.29, 1.82) is 0 Å². The zero-order chi connectivity index (χ0) is 14.2. The van der Waals surface area contributed by atoms with Crippen LogP contribution in [0, 0.1) is 0 Å². The standard InChI is InChI=1S/C18H15NO2/c1-12(14-7-9-17-18(10-14)21-11-20-17)15-8-6-13-4-2-3-5-16(13)19-15/h2-10,12H,11H2,1H3. The van der Waals surface area contributed by atoms with Gasteiger partial charge in [-0.1, -0.05) is 37.3 Å². The summed E-state index contributed by atoms with van der Waals surface area (Å²) in [4.78, 5) is 4.77. The first-order chi connectivity index (χ1) is 10.3. The van der Waals surface area contributed by atoms with Crippen molar-refractivity contribution in [3.8, 4) is 11.5 Å². The SMILES string of the molecule is CC(c1ccc2c(c1)OCO2)c1ccc2ccccc2n1. The van der Waals surface area contributed by atoms with Crippen molar-refractivity contribution in [2.24, 2.45) is 0 Å². The molecule has 21 heavy (non-hydrogen) atoms. The number of aromatic nitrogens is 1. The molecule has 3 heteroatoms. The molecule has 0 aliphatic carbocycles. The molecule has 1 aliphatic rings. The van der Waals surface area contributed by atoms with Crippen molar-refractivity contribution in [2.75, 3.05) is 6.79 Å². The highest BCUT2D eigenvalue weighted by Crippen LogP contribution is 2.36. The second kappa shape index (κ2) is 4.77. The molecule has 2 heterocycles. The largest absolute Gasteiger partial charge is 0.454 e. The fourth-order valence-corrected chi connectivity index (χ4v) is 2.68. The van der Waals surface area contributed by atoms with Crippen molar-refractivity contribution in [1.82, 2.24) is 4.98 Å². The molecule has 0 bridgehead atoms. The van der Waals surface area contributed by atoms with Crippen LogP contribution in [-0.4, -0.2) is 11.8 Å². The molecule has 3 nitrogen and oxygen atoms in total. The summed E-state index contributed by atoms with van der Waals surface area (Å²) >= 11 is 0.